The highest BCUT2D eigenvalue weighted by atomic mass is 19.1. The van der Waals surface area contributed by atoms with Crippen LogP contribution in [-0.4, -0.2) is 43.4 Å². The first-order valence-electron chi connectivity index (χ1n) is 9.50. The second kappa shape index (κ2) is 9.89. The molecular weight excluding hydrogens is 369 g/mol. The summed E-state index contributed by atoms with van der Waals surface area (Å²) in [5.41, 5.74) is 2.25. The third-order valence-corrected chi connectivity index (χ3v) is 4.49. The number of hydrogen-bond acceptors (Lipinski definition) is 5. The highest BCUT2D eigenvalue weighted by Gasteiger charge is 2.15. The maximum atomic E-state index is 13.0. The molecule has 0 saturated heterocycles. The van der Waals surface area contributed by atoms with Crippen molar-refractivity contribution >= 4 is 11.5 Å². The van der Waals surface area contributed by atoms with Crippen molar-refractivity contribution in [1.29, 1.82) is 0 Å². The monoisotopic (exact) mass is 395 g/mol. The first kappa shape index (κ1) is 20.6. The molecule has 3 aromatic rings. The van der Waals surface area contributed by atoms with Gasteiger partial charge in [-0.1, -0.05) is 18.2 Å². The van der Waals surface area contributed by atoms with Crippen molar-refractivity contribution in [2.24, 2.45) is 0 Å². The fourth-order valence-corrected chi connectivity index (χ4v) is 2.93. The standard InChI is InChI=1S/C23H26FN3O2/c1-26(2)20-10-6-18(7-11-20)15-27(23-5-3-4-14-25-23)16-21(28)17-29-22-12-8-19(24)9-13-22/h3-14,21,28H,15-17H2,1-2H3. The van der Waals surface area contributed by atoms with Crippen molar-refractivity contribution in [2.45, 2.75) is 12.6 Å². The summed E-state index contributed by atoms with van der Waals surface area (Å²) >= 11 is 0. The molecule has 0 aliphatic rings. The first-order chi connectivity index (χ1) is 14.0. The molecule has 152 valence electrons. The summed E-state index contributed by atoms with van der Waals surface area (Å²) in [4.78, 5) is 8.50. The number of halogens is 1. The number of aliphatic hydroxyl groups excluding tert-OH is 1. The molecule has 1 atom stereocenters. The summed E-state index contributed by atoms with van der Waals surface area (Å²) < 4.78 is 18.6. The van der Waals surface area contributed by atoms with E-state index < -0.39 is 6.10 Å². The molecule has 2 aromatic carbocycles. The highest BCUT2D eigenvalue weighted by molar-refractivity contribution is 5.47. The van der Waals surface area contributed by atoms with Crippen LogP contribution in [0.4, 0.5) is 15.9 Å². The maximum Gasteiger partial charge on any atom is 0.128 e. The van der Waals surface area contributed by atoms with E-state index >= 15 is 0 Å². The molecule has 3 rings (SSSR count). The third-order valence-electron chi connectivity index (χ3n) is 4.49. The van der Waals surface area contributed by atoms with Crippen LogP contribution in [0.15, 0.2) is 72.9 Å². The van der Waals surface area contributed by atoms with Crippen LogP contribution in [0.1, 0.15) is 5.56 Å². The molecule has 1 unspecified atom stereocenters. The number of aromatic nitrogens is 1. The Balaban J connectivity index is 1.66. The zero-order chi connectivity index (χ0) is 20.6. The maximum absolute atomic E-state index is 13.0. The molecule has 0 amide bonds. The summed E-state index contributed by atoms with van der Waals surface area (Å²) in [7, 11) is 4.01. The Labute approximate surface area is 171 Å². The van der Waals surface area contributed by atoms with Gasteiger partial charge in [-0.25, -0.2) is 9.37 Å². The van der Waals surface area contributed by atoms with Crippen LogP contribution in [0.5, 0.6) is 5.75 Å². The number of hydrogen-bond donors (Lipinski definition) is 1. The summed E-state index contributed by atoms with van der Waals surface area (Å²) in [6.45, 7) is 1.07. The molecule has 1 heterocycles. The molecule has 0 radical (unpaired) electrons. The molecule has 5 nitrogen and oxygen atoms in total. The highest BCUT2D eigenvalue weighted by Crippen LogP contribution is 2.18. The van der Waals surface area contributed by atoms with Gasteiger partial charge in [0.15, 0.2) is 0 Å². The molecule has 0 aliphatic heterocycles. The van der Waals surface area contributed by atoms with Gasteiger partial charge < -0.3 is 19.6 Å². The Hall–Kier alpha value is -3.12. The Morgan fingerprint density at radius 2 is 1.72 bits per heavy atom. The number of nitrogens with zero attached hydrogens (tertiary/aromatic N) is 3. The fourth-order valence-electron chi connectivity index (χ4n) is 2.93. The van der Waals surface area contributed by atoms with Gasteiger partial charge in [0.2, 0.25) is 0 Å². The Morgan fingerprint density at radius 1 is 1.00 bits per heavy atom. The van der Waals surface area contributed by atoms with Crippen molar-refractivity contribution in [3.63, 3.8) is 0 Å². The van der Waals surface area contributed by atoms with Crippen LogP contribution in [0.2, 0.25) is 0 Å². The van der Waals surface area contributed by atoms with Gasteiger partial charge in [0.25, 0.3) is 0 Å². The summed E-state index contributed by atoms with van der Waals surface area (Å²) in [5.74, 6) is 0.985. The van der Waals surface area contributed by atoms with E-state index in [1.165, 1.54) is 12.1 Å². The number of aliphatic hydroxyl groups is 1. The average molecular weight is 395 g/mol. The van der Waals surface area contributed by atoms with Gasteiger partial charge in [-0.05, 0) is 54.1 Å². The summed E-state index contributed by atoms with van der Waals surface area (Å²) in [6, 6.07) is 19.8. The Kier molecular flexibility index (Phi) is 7.03. The quantitative estimate of drug-likeness (QED) is 0.598. The molecule has 1 N–H and O–H groups in total. The van der Waals surface area contributed by atoms with Gasteiger partial charge in [0.05, 0.1) is 0 Å². The van der Waals surface area contributed by atoms with Crippen molar-refractivity contribution in [2.75, 3.05) is 37.0 Å². The average Bonchev–Trinajstić information content (AvgIpc) is 2.74. The lowest BCUT2D eigenvalue weighted by atomic mass is 10.1. The van der Waals surface area contributed by atoms with Gasteiger partial charge in [-0.15, -0.1) is 0 Å². The molecule has 0 fully saturated rings. The van der Waals surface area contributed by atoms with E-state index in [2.05, 4.69) is 34.1 Å². The zero-order valence-corrected chi connectivity index (χ0v) is 16.7. The van der Waals surface area contributed by atoms with Gasteiger partial charge in [0, 0.05) is 39.1 Å². The summed E-state index contributed by atoms with van der Waals surface area (Å²) in [6.07, 6.45) is 1.00. The van der Waals surface area contributed by atoms with Crippen molar-refractivity contribution in [3.8, 4) is 5.75 Å². The van der Waals surface area contributed by atoms with Crippen LogP contribution in [0.3, 0.4) is 0 Å². The van der Waals surface area contributed by atoms with Crippen molar-refractivity contribution < 1.29 is 14.2 Å². The van der Waals surface area contributed by atoms with Gasteiger partial charge >= 0.3 is 0 Å². The predicted octanol–water partition coefficient (Wildman–Crippen LogP) is 3.73. The van der Waals surface area contributed by atoms with E-state index in [1.54, 1.807) is 18.3 Å². The molecule has 29 heavy (non-hydrogen) atoms. The lowest BCUT2D eigenvalue weighted by molar-refractivity contribution is 0.111. The number of ether oxygens (including phenoxy) is 1. The fraction of sp³-hybridized carbons (Fsp3) is 0.261. The lowest BCUT2D eigenvalue weighted by Gasteiger charge is -2.26. The Bertz CT molecular complexity index is 871. The van der Waals surface area contributed by atoms with Gasteiger partial charge in [-0.2, -0.15) is 0 Å². The lowest BCUT2D eigenvalue weighted by Crippen LogP contribution is -2.35. The van der Waals surface area contributed by atoms with Crippen molar-refractivity contribution in [1.82, 2.24) is 4.98 Å². The normalized spacial score (nSPS) is 11.7. The minimum atomic E-state index is -0.733. The SMILES string of the molecule is CN(C)c1ccc(CN(CC(O)COc2ccc(F)cc2)c2ccccn2)cc1. The number of anilines is 2. The molecule has 0 spiro atoms. The molecule has 0 saturated carbocycles. The van der Waals surface area contributed by atoms with Crippen LogP contribution >= 0.6 is 0 Å². The van der Waals surface area contributed by atoms with Crippen LogP contribution in [0, 0.1) is 5.82 Å². The van der Waals surface area contributed by atoms with E-state index in [4.69, 9.17) is 4.74 Å². The van der Waals surface area contributed by atoms with Crippen molar-refractivity contribution in [3.05, 3.63) is 84.3 Å². The molecule has 1 aromatic heterocycles. The molecule has 6 heteroatoms. The number of rotatable bonds is 9. The molecule has 0 bridgehead atoms. The van der Waals surface area contributed by atoms with Gasteiger partial charge in [0.1, 0.15) is 30.1 Å². The largest absolute Gasteiger partial charge is 0.491 e. The number of benzene rings is 2. The zero-order valence-electron chi connectivity index (χ0n) is 16.7. The van der Waals surface area contributed by atoms with E-state index in [0.29, 0.717) is 18.8 Å². The van der Waals surface area contributed by atoms with E-state index in [9.17, 15) is 9.50 Å². The number of pyridine rings is 1. The minimum absolute atomic E-state index is 0.106. The van der Waals surface area contributed by atoms with Gasteiger partial charge in [-0.3, -0.25) is 0 Å². The molecule has 0 aliphatic carbocycles. The topological polar surface area (TPSA) is 48.8 Å². The minimum Gasteiger partial charge on any atom is -0.491 e. The smallest absolute Gasteiger partial charge is 0.128 e. The van der Waals surface area contributed by atoms with E-state index in [1.807, 2.05) is 37.2 Å². The molecular formula is C23H26FN3O2. The van der Waals surface area contributed by atoms with E-state index in [-0.39, 0.29) is 12.4 Å². The summed E-state index contributed by atoms with van der Waals surface area (Å²) in [5, 5.41) is 10.5. The van der Waals surface area contributed by atoms with Crippen LogP contribution in [-0.2, 0) is 6.54 Å². The second-order valence-electron chi connectivity index (χ2n) is 7.05. The van der Waals surface area contributed by atoms with Crippen LogP contribution < -0.4 is 14.5 Å². The second-order valence-corrected chi connectivity index (χ2v) is 7.05. The first-order valence-corrected chi connectivity index (χ1v) is 9.50. The predicted molar refractivity (Wildman–Crippen MR) is 114 cm³/mol. The Morgan fingerprint density at radius 3 is 2.34 bits per heavy atom. The van der Waals surface area contributed by atoms with E-state index in [0.717, 1.165) is 17.1 Å². The third kappa shape index (κ3) is 6.19. The van der Waals surface area contributed by atoms with Crippen LogP contribution in [0.25, 0.3) is 0 Å².